The molecule has 1 N–H and O–H groups in total. The van der Waals surface area contributed by atoms with Crippen LogP contribution in [0.15, 0.2) is 0 Å². The lowest BCUT2D eigenvalue weighted by molar-refractivity contribution is 0.443. The lowest BCUT2D eigenvalue weighted by atomic mass is 9.96. The molecule has 0 aliphatic heterocycles. The zero-order valence-corrected chi connectivity index (χ0v) is 9.35. The summed E-state index contributed by atoms with van der Waals surface area (Å²) in [6.07, 6.45) is 0. The highest BCUT2D eigenvalue weighted by Crippen LogP contribution is 2.31. The Morgan fingerprint density at radius 2 is 1.15 bits per heavy atom. The van der Waals surface area contributed by atoms with Crippen LogP contribution in [0.5, 0.6) is 0 Å². The van der Waals surface area contributed by atoms with Crippen LogP contribution in [-0.4, -0.2) is 5.87 Å². The summed E-state index contributed by atoms with van der Waals surface area (Å²) in [6.45, 7) is 0. The van der Waals surface area contributed by atoms with Crippen LogP contribution in [-0.2, 0) is 0 Å². The van der Waals surface area contributed by atoms with Gasteiger partial charge in [0.05, 0.1) is 23.3 Å². The van der Waals surface area contributed by atoms with Gasteiger partial charge in [0.25, 0.3) is 0 Å². The first-order valence-corrected chi connectivity index (χ1v) is 4.68. The molecule has 8 heteroatoms. The van der Waals surface area contributed by atoms with Crippen molar-refractivity contribution in [3.63, 3.8) is 0 Å². The van der Waals surface area contributed by atoms with E-state index in [1.54, 1.807) is 0 Å². The normalized spacial score (nSPS) is 9.30. The monoisotopic (exact) mass is 277 g/mol. The zero-order valence-electron chi connectivity index (χ0n) is 9.35. The van der Waals surface area contributed by atoms with Crippen molar-refractivity contribution in [2.45, 2.75) is 0 Å². The lowest BCUT2D eigenvalue weighted by Crippen LogP contribution is -2.11. The summed E-state index contributed by atoms with van der Waals surface area (Å²) in [5.41, 5.74) is -3.95. The summed E-state index contributed by atoms with van der Waals surface area (Å²) in [5.74, 6) is -7.80. The molecule has 0 saturated heterocycles. The average molecular weight is 277 g/mol. The summed E-state index contributed by atoms with van der Waals surface area (Å²) in [4.78, 5) is 0. The van der Waals surface area contributed by atoms with Crippen molar-refractivity contribution < 1.29 is 17.6 Å². The summed E-state index contributed by atoms with van der Waals surface area (Å²) < 4.78 is 54.6. The van der Waals surface area contributed by atoms with Gasteiger partial charge in [-0.2, -0.15) is 15.8 Å². The van der Waals surface area contributed by atoms with Crippen LogP contribution in [0.3, 0.4) is 0 Å². The molecule has 0 heterocycles. The standard InChI is InChI=1S/C12HF4N4/c13-9-7(5(1-17)2-18)10(14)12(16)8(11(9)15)6(3-19)4-20/h17H. The van der Waals surface area contributed by atoms with Crippen molar-refractivity contribution in [3.05, 3.63) is 40.3 Å². The van der Waals surface area contributed by atoms with Gasteiger partial charge in [0, 0.05) is 0 Å². The third-order valence-corrected chi connectivity index (χ3v) is 2.22. The predicted molar refractivity (Wildman–Crippen MR) is 56.6 cm³/mol. The number of nitrogens with zero attached hydrogens (tertiary/aromatic N) is 3. The van der Waals surface area contributed by atoms with Gasteiger partial charge in [0.15, 0.2) is 23.3 Å². The van der Waals surface area contributed by atoms with Crippen molar-refractivity contribution in [2.75, 3.05) is 0 Å². The van der Waals surface area contributed by atoms with E-state index in [9.17, 15) is 17.6 Å². The van der Waals surface area contributed by atoms with E-state index in [4.69, 9.17) is 21.2 Å². The largest absolute Gasteiger partial charge is 0.258 e. The first kappa shape index (κ1) is 14.9. The maximum atomic E-state index is 13.7. The molecule has 0 atom stereocenters. The molecule has 20 heavy (non-hydrogen) atoms. The molecule has 0 spiro atoms. The average Bonchev–Trinajstić information content (AvgIpc) is 2.46. The number of nitriles is 3. The first-order chi connectivity index (χ1) is 9.44. The van der Waals surface area contributed by atoms with E-state index in [1.807, 2.05) is 0 Å². The number of rotatable bonds is 2. The highest BCUT2D eigenvalue weighted by molar-refractivity contribution is 5.96. The van der Waals surface area contributed by atoms with Crippen LogP contribution in [0.2, 0.25) is 0 Å². The molecule has 4 nitrogen and oxygen atoms in total. The van der Waals surface area contributed by atoms with Gasteiger partial charge >= 0.3 is 0 Å². The molecule has 0 aromatic heterocycles. The fourth-order valence-electron chi connectivity index (χ4n) is 1.35. The van der Waals surface area contributed by atoms with Crippen molar-refractivity contribution in [1.29, 1.82) is 21.2 Å². The molecule has 97 valence electrons. The number of nitrogens with one attached hydrogen (secondary N) is 1. The van der Waals surface area contributed by atoms with Gasteiger partial charge in [-0.05, 0) is 5.87 Å². The smallest absolute Gasteiger partial charge is 0.210 e. The Bertz CT molecular complexity index is 715. The molecule has 0 amide bonds. The van der Waals surface area contributed by atoms with Gasteiger partial charge in [0.1, 0.15) is 11.6 Å². The predicted octanol–water partition coefficient (Wildman–Crippen LogP) is 2.37. The summed E-state index contributed by atoms with van der Waals surface area (Å²) >= 11 is 0. The van der Waals surface area contributed by atoms with E-state index in [1.165, 1.54) is 5.87 Å². The molecule has 1 rings (SSSR count). The SMILES string of the molecule is N#C[C](C#N)c1c(F)c(F)c(C(=C=N)C#N)c(F)c1F. The number of halogens is 4. The molecular weight excluding hydrogens is 276 g/mol. The van der Waals surface area contributed by atoms with Gasteiger partial charge in [-0.1, -0.05) is 0 Å². The third-order valence-electron chi connectivity index (χ3n) is 2.22. The van der Waals surface area contributed by atoms with Gasteiger partial charge < -0.3 is 0 Å². The molecule has 0 aliphatic rings. The third kappa shape index (κ3) is 2.10. The lowest BCUT2D eigenvalue weighted by Gasteiger charge is -2.10. The maximum Gasteiger partial charge on any atom is 0.210 e. The Morgan fingerprint density at radius 1 is 0.750 bits per heavy atom. The Kier molecular flexibility index (Phi) is 4.23. The highest BCUT2D eigenvalue weighted by atomic mass is 19.2. The maximum absolute atomic E-state index is 13.7. The Morgan fingerprint density at radius 3 is 1.45 bits per heavy atom. The minimum absolute atomic E-state index is 1.07. The van der Waals surface area contributed by atoms with E-state index in [-0.39, 0.29) is 0 Å². The van der Waals surface area contributed by atoms with Crippen molar-refractivity contribution in [1.82, 2.24) is 0 Å². The van der Waals surface area contributed by atoms with Crippen LogP contribution in [0.25, 0.3) is 5.57 Å². The Balaban J connectivity index is 3.88. The molecule has 0 unspecified atom stereocenters. The number of hydrogen-bond donors (Lipinski definition) is 1. The van der Waals surface area contributed by atoms with Crippen LogP contribution >= 0.6 is 0 Å². The summed E-state index contributed by atoms with van der Waals surface area (Å²) in [5, 5.41) is 32.2. The second kappa shape index (κ2) is 5.67. The van der Waals surface area contributed by atoms with Gasteiger partial charge in [-0.15, -0.1) is 0 Å². The fraction of sp³-hybridized carbons (Fsp3) is 0. The molecular formula is C12HF4N4. The molecule has 0 saturated carbocycles. The fourth-order valence-corrected chi connectivity index (χ4v) is 1.35. The van der Waals surface area contributed by atoms with Gasteiger partial charge in [-0.25, -0.2) is 17.6 Å². The number of hydrogen-bond acceptors (Lipinski definition) is 4. The molecule has 1 radical (unpaired) electrons. The molecule has 1 aromatic rings. The zero-order chi connectivity index (χ0) is 15.4. The minimum atomic E-state index is -2.00. The summed E-state index contributed by atoms with van der Waals surface area (Å²) in [7, 11) is 0. The topological polar surface area (TPSA) is 95.2 Å². The van der Waals surface area contributed by atoms with Crippen molar-refractivity contribution >= 4 is 11.4 Å². The van der Waals surface area contributed by atoms with E-state index in [0.717, 1.165) is 18.2 Å². The number of allylic oxidation sites excluding steroid dienone is 1. The summed E-state index contributed by atoms with van der Waals surface area (Å²) in [6, 6.07) is 3.35. The van der Waals surface area contributed by atoms with Crippen LogP contribution in [0.1, 0.15) is 11.1 Å². The second-order valence-corrected chi connectivity index (χ2v) is 3.22. The Labute approximate surface area is 109 Å². The quantitative estimate of drug-likeness (QED) is 0.389. The van der Waals surface area contributed by atoms with E-state index in [2.05, 4.69) is 0 Å². The Hall–Kier alpha value is -3.14. The minimum Gasteiger partial charge on any atom is -0.258 e. The van der Waals surface area contributed by atoms with E-state index < -0.39 is 45.9 Å². The molecule has 1 aromatic carbocycles. The molecule has 0 aliphatic carbocycles. The van der Waals surface area contributed by atoms with Crippen LogP contribution in [0, 0.1) is 68.6 Å². The van der Waals surface area contributed by atoms with Crippen LogP contribution in [0.4, 0.5) is 17.6 Å². The van der Waals surface area contributed by atoms with Gasteiger partial charge in [0.2, 0.25) is 5.92 Å². The number of benzene rings is 1. The van der Waals surface area contributed by atoms with Crippen LogP contribution < -0.4 is 0 Å². The van der Waals surface area contributed by atoms with Gasteiger partial charge in [-0.3, -0.25) is 5.41 Å². The highest BCUT2D eigenvalue weighted by Gasteiger charge is 2.32. The van der Waals surface area contributed by atoms with Crippen molar-refractivity contribution in [2.24, 2.45) is 0 Å². The molecule has 0 bridgehead atoms. The first-order valence-electron chi connectivity index (χ1n) is 4.68. The van der Waals surface area contributed by atoms with E-state index in [0.29, 0.717) is 0 Å². The molecule has 0 fully saturated rings. The van der Waals surface area contributed by atoms with E-state index >= 15 is 0 Å². The van der Waals surface area contributed by atoms with Crippen molar-refractivity contribution in [3.8, 4) is 18.2 Å². The second-order valence-electron chi connectivity index (χ2n) is 3.22.